The largest absolute Gasteiger partial charge is 0.333 e. The average molecular weight is 261 g/mol. The van der Waals surface area contributed by atoms with Crippen molar-refractivity contribution in [3.05, 3.63) is 18.2 Å². The summed E-state index contributed by atoms with van der Waals surface area (Å²) < 4.78 is 2.33. The van der Waals surface area contributed by atoms with E-state index in [4.69, 9.17) is 5.73 Å². The number of nitrogens with zero attached hydrogens (tertiary/aromatic N) is 2. The van der Waals surface area contributed by atoms with Gasteiger partial charge in [-0.1, -0.05) is 20.3 Å². The van der Waals surface area contributed by atoms with Gasteiger partial charge in [0.1, 0.15) is 0 Å². The summed E-state index contributed by atoms with van der Waals surface area (Å²) in [5.41, 5.74) is 7.56. The third kappa shape index (κ3) is 2.71. The maximum Gasteiger partial charge on any atom is 0.0948 e. The van der Waals surface area contributed by atoms with Gasteiger partial charge in [0.2, 0.25) is 0 Å². The van der Waals surface area contributed by atoms with E-state index in [0.717, 1.165) is 30.7 Å². The third-order valence-electron chi connectivity index (χ3n) is 5.17. The van der Waals surface area contributed by atoms with Crippen LogP contribution in [-0.4, -0.2) is 9.55 Å². The minimum Gasteiger partial charge on any atom is -0.333 e. The molecule has 2 bridgehead atoms. The first-order valence-corrected chi connectivity index (χ1v) is 7.89. The van der Waals surface area contributed by atoms with Gasteiger partial charge in [0, 0.05) is 18.8 Å². The number of nitrogens with two attached hydrogens (primary N) is 1. The Morgan fingerprint density at radius 3 is 2.84 bits per heavy atom. The van der Waals surface area contributed by atoms with E-state index in [1.54, 1.807) is 0 Å². The van der Waals surface area contributed by atoms with Gasteiger partial charge in [0.05, 0.1) is 12.0 Å². The quantitative estimate of drug-likeness (QED) is 0.883. The molecule has 2 fully saturated rings. The lowest BCUT2D eigenvalue weighted by Crippen LogP contribution is -2.22. The fraction of sp³-hybridized carbons (Fsp3) is 0.812. The minimum absolute atomic E-state index is 0.140. The average Bonchev–Trinajstić information content (AvgIpc) is 3.02. The van der Waals surface area contributed by atoms with Gasteiger partial charge in [-0.15, -0.1) is 0 Å². The fourth-order valence-electron chi connectivity index (χ4n) is 4.27. The van der Waals surface area contributed by atoms with Crippen LogP contribution in [-0.2, 0) is 6.54 Å². The third-order valence-corrected chi connectivity index (χ3v) is 5.17. The second-order valence-corrected chi connectivity index (χ2v) is 7.14. The number of rotatable bonds is 5. The summed E-state index contributed by atoms with van der Waals surface area (Å²) in [6.07, 6.45) is 10.8. The molecule has 0 spiro atoms. The van der Waals surface area contributed by atoms with Crippen LogP contribution in [0.25, 0.3) is 0 Å². The maximum absolute atomic E-state index is 6.33. The first-order valence-electron chi connectivity index (χ1n) is 7.89. The van der Waals surface area contributed by atoms with Crippen molar-refractivity contribution in [1.29, 1.82) is 0 Å². The fourth-order valence-corrected chi connectivity index (χ4v) is 4.27. The van der Waals surface area contributed by atoms with Crippen LogP contribution >= 0.6 is 0 Å². The van der Waals surface area contributed by atoms with Gasteiger partial charge in [0.25, 0.3) is 0 Å². The number of imidazole rings is 1. The molecule has 1 aromatic heterocycles. The molecule has 106 valence electrons. The second kappa shape index (κ2) is 5.28. The Morgan fingerprint density at radius 1 is 1.37 bits per heavy atom. The standard InChI is InChI=1S/C16H27N3/c1-11(2)5-15(17)16-8-18-10-19(16)9-14-7-12-3-4-13(14)6-12/h8,10-15H,3-7,9,17H2,1-2H3. The molecule has 0 aromatic carbocycles. The lowest BCUT2D eigenvalue weighted by Gasteiger charge is -2.24. The van der Waals surface area contributed by atoms with E-state index >= 15 is 0 Å². The zero-order valence-electron chi connectivity index (χ0n) is 12.3. The van der Waals surface area contributed by atoms with Gasteiger partial charge in [-0.2, -0.15) is 0 Å². The highest BCUT2D eigenvalue weighted by Gasteiger charge is 2.39. The summed E-state index contributed by atoms with van der Waals surface area (Å²) in [4.78, 5) is 4.34. The summed E-state index contributed by atoms with van der Waals surface area (Å²) in [6, 6.07) is 0.140. The van der Waals surface area contributed by atoms with Crippen molar-refractivity contribution in [3.63, 3.8) is 0 Å². The highest BCUT2D eigenvalue weighted by molar-refractivity contribution is 5.05. The zero-order valence-corrected chi connectivity index (χ0v) is 12.3. The molecule has 2 N–H and O–H groups in total. The Labute approximate surface area is 116 Å². The van der Waals surface area contributed by atoms with E-state index in [2.05, 4.69) is 23.4 Å². The molecule has 1 heterocycles. The molecule has 0 aliphatic heterocycles. The molecule has 19 heavy (non-hydrogen) atoms. The van der Waals surface area contributed by atoms with Crippen molar-refractivity contribution in [2.45, 2.75) is 58.5 Å². The van der Waals surface area contributed by atoms with Gasteiger partial charge in [-0.25, -0.2) is 4.98 Å². The predicted molar refractivity (Wildman–Crippen MR) is 77.5 cm³/mol. The van der Waals surface area contributed by atoms with E-state index in [0.29, 0.717) is 5.92 Å². The summed E-state index contributed by atoms with van der Waals surface area (Å²) in [5, 5.41) is 0. The first kappa shape index (κ1) is 13.2. The zero-order chi connectivity index (χ0) is 13.4. The normalized spacial score (nSPS) is 31.3. The van der Waals surface area contributed by atoms with E-state index in [1.165, 1.54) is 31.4 Å². The van der Waals surface area contributed by atoms with Crippen molar-refractivity contribution in [2.75, 3.05) is 0 Å². The molecule has 3 nitrogen and oxygen atoms in total. The van der Waals surface area contributed by atoms with Crippen LogP contribution in [0.5, 0.6) is 0 Å². The van der Waals surface area contributed by atoms with Crippen molar-refractivity contribution >= 4 is 0 Å². The van der Waals surface area contributed by atoms with E-state index in [9.17, 15) is 0 Å². The number of hydrogen-bond donors (Lipinski definition) is 1. The molecule has 0 saturated heterocycles. The molecule has 2 aliphatic carbocycles. The van der Waals surface area contributed by atoms with Crippen LogP contribution in [0.3, 0.4) is 0 Å². The van der Waals surface area contributed by atoms with Crippen molar-refractivity contribution in [2.24, 2.45) is 29.4 Å². The minimum atomic E-state index is 0.140. The summed E-state index contributed by atoms with van der Waals surface area (Å²) >= 11 is 0. The second-order valence-electron chi connectivity index (χ2n) is 7.14. The first-order chi connectivity index (χ1) is 9.13. The van der Waals surface area contributed by atoms with Gasteiger partial charge in [-0.05, 0) is 49.4 Å². The van der Waals surface area contributed by atoms with E-state index < -0.39 is 0 Å². The van der Waals surface area contributed by atoms with Gasteiger partial charge in [-0.3, -0.25) is 0 Å². The SMILES string of the molecule is CC(C)CC(N)c1cncn1CC1CC2CCC1C2. The maximum atomic E-state index is 6.33. The molecule has 2 saturated carbocycles. The summed E-state index contributed by atoms with van der Waals surface area (Å²) in [7, 11) is 0. The Morgan fingerprint density at radius 2 is 2.21 bits per heavy atom. The molecular formula is C16H27N3. The van der Waals surface area contributed by atoms with Crippen LogP contribution in [0.1, 0.15) is 57.7 Å². The number of fused-ring (bicyclic) bond motifs is 2. The van der Waals surface area contributed by atoms with Crippen LogP contribution in [0.2, 0.25) is 0 Å². The Kier molecular flexibility index (Phi) is 3.66. The van der Waals surface area contributed by atoms with Crippen molar-refractivity contribution in [1.82, 2.24) is 9.55 Å². The number of hydrogen-bond acceptors (Lipinski definition) is 2. The van der Waals surface area contributed by atoms with Gasteiger partial charge < -0.3 is 10.3 Å². The summed E-state index contributed by atoms with van der Waals surface area (Å²) in [6.45, 7) is 5.61. The molecule has 0 radical (unpaired) electrons. The molecule has 1 aromatic rings. The molecule has 3 rings (SSSR count). The summed E-state index contributed by atoms with van der Waals surface area (Å²) in [5.74, 6) is 3.51. The van der Waals surface area contributed by atoms with Gasteiger partial charge >= 0.3 is 0 Å². The molecule has 0 amide bonds. The predicted octanol–water partition coefficient (Wildman–Crippen LogP) is 3.37. The highest BCUT2D eigenvalue weighted by atomic mass is 15.1. The number of aromatic nitrogens is 2. The van der Waals surface area contributed by atoms with E-state index in [1.807, 2.05) is 12.5 Å². The smallest absolute Gasteiger partial charge is 0.0948 e. The van der Waals surface area contributed by atoms with Crippen LogP contribution in [0, 0.1) is 23.7 Å². The Hall–Kier alpha value is -0.830. The van der Waals surface area contributed by atoms with Crippen LogP contribution in [0.15, 0.2) is 12.5 Å². The molecule has 2 aliphatic rings. The van der Waals surface area contributed by atoms with E-state index in [-0.39, 0.29) is 6.04 Å². The lowest BCUT2D eigenvalue weighted by atomic mass is 9.88. The molecule has 4 unspecified atom stereocenters. The topological polar surface area (TPSA) is 43.8 Å². The Balaban J connectivity index is 1.67. The Bertz CT molecular complexity index is 423. The van der Waals surface area contributed by atoms with Crippen LogP contribution < -0.4 is 5.73 Å². The van der Waals surface area contributed by atoms with Crippen molar-refractivity contribution in [3.8, 4) is 0 Å². The van der Waals surface area contributed by atoms with Crippen LogP contribution in [0.4, 0.5) is 0 Å². The lowest BCUT2D eigenvalue weighted by molar-refractivity contribution is 0.290. The highest BCUT2D eigenvalue weighted by Crippen LogP contribution is 2.48. The van der Waals surface area contributed by atoms with Gasteiger partial charge in [0.15, 0.2) is 0 Å². The molecule has 3 heteroatoms. The van der Waals surface area contributed by atoms with Crippen molar-refractivity contribution < 1.29 is 0 Å². The molecule has 4 atom stereocenters. The monoisotopic (exact) mass is 261 g/mol. The molecular weight excluding hydrogens is 234 g/mol.